The van der Waals surface area contributed by atoms with Gasteiger partial charge in [-0.2, -0.15) is 5.10 Å². The third-order valence-electron chi connectivity index (χ3n) is 3.80. The summed E-state index contributed by atoms with van der Waals surface area (Å²) in [5.41, 5.74) is 2.18. The van der Waals surface area contributed by atoms with Gasteiger partial charge in [0.05, 0.1) is 16.4 Å². The second kappa shape index (κ2) is 7.91. The Kier molecular flexibility index (Phi) is 6.87. The molecule has 1 N–H and O–H groups in total. The molecule has 0 aliphatic carbocycles. The fourth-order valence-corrected chi connectivity index (χ4v) is 2.94. The lowest BCUT2D eigenvalue weighted by Crippen LogP contribution is -2.36. The Morgan fingerprint density at radius 2 is 2.00 bits per heavy atom. The van der Waals surface area contributed by atoms with Crippen LogP contribution in [0.1, 0.15) is 51.9 Å². The minimum Gasteiger partial charge on any atom is -0.314 e. The minimum absolute atomic E-state index is 0.552. The lowest BCUT2D eigenvalue weighted by atomic mass is 9.94. The van der Waals surface area contributed by atoms with Gasteiger partial charge in [-0.15, -0.1) is 0 Å². The molecule has 0 fully saturated rings. The molecule has 0 spiro atoms. The van der Waals surface area contributed by atoms with Crippen LogP contribution in [0.4, 0.5) is 0 Å². The Morgan fingerprint density at radius 3 is 2.47 bits per heavy atom. The molecule has 1 aromatic heterocycles. The molecule has 3 nitrogen and oxygen atoms in total. The first-order valence-electron chi connectivity index (χ1n) is 7.48. The number of rotatable bonds is 8. The van der Waals surface area contributed by atoms with Crippen molar-refractivity contribution in [2.24, 2.45) is 13.0 Å². The lowest BCUT2D eigenvalue weighted by Gasteiger charge is -2.24. The predicted molar refractivity (Wildman–Crippen MR) is 82.8 cm³/mol. The van der Waals surface area contributed by atoms with Gasteiger partial charge >= 0.3 is 0 Å². The van der Waals surface area contributed by atoms with Crippen molar-refractivity contribution in [3.63, 3.8) is 0 Å². The Bertz CT molecular complexity index is 387. The number of nitrogens with zero attached hydrogens (tertiary/aromatic N) is 2. The minimum atomic E-state index is 0.552. The zero-order valence-electron chi connectivity index (χ0n) is 13.0. The first-order chi connectivity index (χ1) is 9.04. The number of aryl methyl sites for hydroxylation is 2. The van der Waals surface area contributed by atoms with Crippen molar-refractivity contribution in [3.05, 3.63) is 16.4 Å². The highest BCUT2D eigenvalue weighted by atomic mass is 35.5. The van der Waals surface area contributed by atoms with Gasteiger partial charge in [0.25, 0.3) is 0 Å². The Balaban J connectivity index is 2.74. The van der Waals surface area contributed by atoms with Gasteiger partial charge in [0.1, 0.15) is 0 Å². The predicted octanol–water partition coefficient (Wildman–Crippen LogP) is 3.59. The Morgan fingerprint density at radius 1 is 1.32 bits per heavy atom. The fraction of sp³-hybridized carbons (Fsp3) is 0.800. The molecule has 0 saturated heterocycles. The van der Waals surface area contributed by atoms with Gasteiger partial charge in [0, 0.05) is 13.1 Å². The molecule has 0 aliphatic rings. The Labute approximate surface area is 122 Å². The molecule has 1 rings (SSSR count). The third kappa shape index (κ3) is 4.22. The van der Waals surface area contributed by atoms with Crippen molar-refractivity contribution in [3.8, 4) is 0 Å². The SMILES string of the molecule is CCCNC(CC)C(C)Cc1c(Cl)c(CC)nn1C. The molecule has 0 amide bonds. The van der Waals surface area contributed by atoms with Crippen LogP contribution in [0.5, 0.6) is 0 Å². The van der Waals surface area contributed by atoms with Crippen molar-refractivity contribution >= 4 is 11.6 Å². The van der Waals surface area contributed by atoms with Gasteiger partial charge in [-0.05, 0) is 38.1 Å². The van der Waals surface area contributed by atoms with E-state index >= 15 is 0 Å². The zero-order valence-corrected chi connectivity index (χ0v) is 13.7. The maximum Gasteiger partial charge on any atom is 0.0849 e. The van der Waals surface area contributed by atoms with Gasteiger partial charge < -0.3 is 5.32 Å². The summed E-state index contributed by atoms with van der Waals surface area (Å²) < 4.78 is 1.95. The number of halogens is 1. The quantitative estimate of drug-likeness (QED) is 0.791. The molecule has 2 unspecified atom stereocenters. The average molecular weight is 286 g/mol. The normalized spacial score (nSPS) is 14.6. The van der Waals surface area contributed by atoms with E-state index in [1.165, 1.54) is 12.1 Å². The maximum absolute atomic E-state index is 6.42. The van der Waals surface area contributed by atoms with Crippen LogP contribution >= 0.6 is 11.6 Å². The highest BCUT2D eigenvalue weighted by Gasteiger charge is 2.20. The van der Waals surface area contributed by atoms with Crippen LogP contribution in [-0.2, 0) is 19.9 Å². The summed E-state index contributed by atoms with van der Waals surface area (Å²) in [7, 11) is 1.99. The number of hydrogen-bond donors (Lipinski definition) is 1. The first kappa shape index (κ1) is 16.5. The van der Waals surface area contributed by atoms with Crippen LogP contribution < -0.4 is 5.32 Å². The second-order valence-corrected chi connectivity index (χ2v) is 5.71. The molecule has 0 bridgehead atoms. The van der Waals surface area contributed by atoms with Crippen LogP contribution in [0.3, 0.4) is 0 Å². The summed E-state index contributed by atoms with van der Waals surface area (Å²) >= 11 is 6.42. The van der Waals surface area contributed by atoms with Gasteiger partial charge in [-0.25, -0.2) is 0 Å². The van der Waals surface area contributed by atoms with Gasteiger partial charge in [-0.3, -0.25) is 4.68 Å². The smallest absolute Gasteiger partial charge is 0.0849 e. The molecule has 0 radical (unpaired) electrons. The van der Waals surface area contributed by atoms with Crippen LogP contribution in [-0.4, -0.2) is 22.4 Å². The lowest BCUT2D eigenvalue weighted by molar-refractivity contribution is 0.359. The van der Waals surface area contributed by atoms with Crippen LogP contribution in [0.15, 0.2) is 0 Å². The van der Waals surface area contributed by atoms with E-state index in [-0.39, 0.29) is 0 Å². The fourth-order valence-electron chi connectivity index (χ4n) is 2.57. The summed E-state index contributed by atoms with van der Waals surface area (Å²) in [6.45, 7) is 9.93. The molecule has 0 aromatic carbocycles. The largest absolute Gasteiger partial charge is 0.314 e. The van der Waals surface area contributed by atoms with Crippen molar-refractivity contribution in [1.82, 2.24) is 15.1 Å². The molecular formula is C15H28ClN3. The molecule has 0 saturated carbocycles. The molecule has 19 heavy (non-hydrogen) atoms. The monoisotopic (exact) mass is 285 g/mol. The average Bonchev–Trinajstić information content (AvgIpc) is 2.67. The molecule has 1 heterocycles. The van der Waals surface area contributed by atoms with E-state index in [9.17, 15) is 0 Å². The molecule has 110 valence electrons. The number of aromatic nitrogens is 2. The first-order valence-corrected chi connectivity index (χ1v) is 7.86. The summed E-state index contributed by atoms with van der Waals surface area (Å²) in [6, 6.07) is 0.552. The van der Waals surface area contributed by atoms with Crippen molar-refractivity contribution in [2.45, 2.75) is 59.4 Å². The highest BCUT2D eigenvalue weighted by molar-refractivity contribution is 6.31. The van der Waals surface area contributed by atoms with Gasteiger partial charge in [-0.1, -0.05) is 39.3 Å². The molecular weight excluding hydrogens is 258 g/mol. The van der Waals surface area contributed by atoms with E-state index in [1.54, 1.807) is 0 Å². The van der Waals surface area contributed by atoms with Crippen LogP contribution in [0, 0.1) is 5.92 Å². The van der Waals surface area contributed by atoms with Gasteiger partial charge in [0.15, 0.2) is 0 Å². The van der Waals surface area contributed by atoms with Gasteiger partial charge in [0.2, 0.25) is 0 Å². The van der Waals surface area contributed by atoms with Crippen molar-refractivity contribution < 1.29 is 0 Å². The molecule has 0 aliphatic heterocycles. The zero-order chi connectivity index (χ0) is 14.4. The van der Waals surface area contributed by atoms with Crippen LogP contribution in [0.2, 0.25) is 5.02 Å². The van der Waals surface area contributed by atoms with Crippen molar-refractivity contribution in [2.75, 3.05) is 6.54 Å². The van der Waals surface area contributed by atoms with E-state index in [4.69, 9.17) is 11.6 Å². The molecule has 4 heteroatoms. The van der Waals surface area contributed by atoms with E-state index in [0.717, 1.165) is 36.5 Å². The summed E-state index contributed by atoms with van der Waals surface area (Å²) in [6.07, 6.45) is 4.21. The van der Waals surface area contributed by atoms with Crippen LogP contribution in [0.25, 0.3) is 0 Å². The topological polar surface area (TPSA) is 29.9 Å². The molecule has 1 aromatic rings. The summed E-state index contributed by atoms with van der Waals surface area (Å²) in [5.74, 6) is 0.564. The summed E-state index contributed by atoms with van der Waals surface area (Å²) in [5, 5.41) is 8.98. The standard InChI is InChI=1S/C15H28ClN3/c1-6-9-17-12(7-2)11(4)10-14-15(16)13(8-3)18-19(14)5/h11-12,17H,6-10H2,1-5H3. The van der Waals surface area contributed by atoms with Crippen molar-refractivity contribution in [1.29, 1.82) is 0 Å². The van der Waals surface area contributed by atoms with E-state index in [1.807, 2.05) is 11.7 Å². The maximum atomic E-state index is 6.42. The number of nitrogens with one attached hydrogen (secondary N) is 1. The van der Waals surface area contributed by atoms with E-state index in [2.05, 4.69) is 38.1 Å². The third-order valence-corrected chi connectivity index (χ3v) is 4.24. The molecule has 2 atom stereocenters. The van der Waals surface area contributed by atoms with E-state index in [0.29, 0.717) is 12.0 Å². The second-order valence-electron chi connectivity index (χ2n) is 5.33. The highest BCUT2D eigenvalue weighted by Crippen LogP contribution is 2.24. The Hall–Kier alpha value is -0.540. The van der Waals surface area contributed by atoms with E-state index < -0.39 is 0 Å². The number of hydrogen-bond acceptors (Lipinski definition) is 2. The summed E-state index contributed by atoms with van der Waals surface area (Å²) in [4.78, 5) is 0.